The number of aromatic nitrogens is 1. The minimum Gasteiger partial charge on any atom is -0.497 e. The van der Waals surface area contributed by atoms with E-state index in [0.29, 0.717) is 6.54 Å². The van der Waals surface area contributed by atoms with Gasteiger partial charge in [0.2, 0.25) is 0 Å². The van der Waals surface area contributed by atoms with Crippen LogP contribution in [-0.2, 0) is 0 Å². The molecule has 1 saturated heterocycles. The highest BCUT2D eigenvalue weighted by molar-refractivity contribution is 7.09. The number of methoxy groups -OCH3 is 1. The van der Waals surface area contributed by atoms with Crippen molar-refractivity contribution in [3.8, 4) is 11.8 Å². The van der Waals surface area contributed by atoms with Crippen LogP contribution in [-0.4, -0.2) is 42.8 Å². The number of nitriles is 1. The van der Waals surface area contributed by atoms with Crippen molar-refractivity contribution in [1.82, 2.24) is 9.88 Å². The van der Waals surface area contributed by atoms with E-state index >= 15 is 0 Å². The summed E-state index contributed by atoms with van der Waals surface area (Å²) >= 11 is 1.52. The van der Waals surface area contributed by atoms with Gasteiger partial charge in [0.15, 0.2) is 0 Å². The van der Waals surface area contributed by atoms with Crippen molar-refractivity contribution in [1.29, 1.82) is 5.26 Å². The molecular weight excluding hydrogens is 344 g/mol. The van der Waals surface area contributed by atoms with E-state index in [2.05, 4.69) is 33.1 Å². The maximum absolute atomic E-state index is 9.44. The highest BCUT2D eigenvalue weighted by Gasteiger charge is 2.23. The summed E-state index contributed by atoms with van der Waals surface area (Å²) in [7, 11) is 1.68. The molecule has 0 unspecified atom stereocenters. The van der Waals surface area contributed by atoms with Gasteiger partial charge in [-0.2, -0.15) is 5.26 Å². The van der Waals surface area contributed by atoms with Crippen molar-refractivity contribution >= 4 is 17.6 Å². The van der Waals surface area contributed by atoms with Crippen molar-refractivity contribution < 1.29 is 4.74 Å². The maximum atomic E-state index is 9.44. The zero-order valence-electron chi connectivity index (χ0n) is 15.3. The minimum atomic E-state index is -0.371. The van der Waals surface area contributed by atoms with Crippen LogP contribution in [0.5, 0.6) is 5.75 Å². The molecule has 0 radical (unpaired) electrons. The van der Waals surface area contributed by atoms with Gasteiger partial charge in [-0.25, -0.2) is 4.98 Å². The van der Waals surface area contributed by atoms with E-state index in [1.807, 2.05) is 24.4 Å². The Morgan fingerprint density at radius 1 is 1.35 bits per heavy atom. The number of aliphatic imine (C=N–C) groups is 1. The van der Waals surface area contributed by atoms with E-state index in [1.165, 1.54) is 29.7 Å². The van der Waals surface area contributed by atoms with Crippen LogP contribution in [0.15, 0.2) is 34.6 Å². The van der Waals surface area contributed by atoms with E-state index < -0.39 is 0 Å². The average Bonchev–Trinajstić information content (AvgIpc) is 3.34. The summed E-state index contributed by atoms with van der Waals surface area (Å²) in [6.07, 6.45) is 4.22. The van der Waals surface area contributed by atoms with Gasteiger partial charge in [-0.3, -0.25) is 9.89 Å². The predicted octanol–water partition coefficient (Wildman–Crippen LogP) is 3.98. The number of likely N-dealkylation sites (tertiary alicyclic amines) is 1. The monoisotopic (exact) mass is 368 g/mol. The Bertz CT molecular complexity index is 772. The largest absolute Gasteiger partial charge is 0.497 e. The summed E-state index contributed by atoms with van der Waals surface area (Å²) < 4.78 is 5.27. The Morgan fingerprint density at radius 2 is 2.08 bits per heavy atom. The van der Waals surface area contributed by atoms with Gasteiger partial charge < -0.3 is 4.74 Å². The first kappa shape index (κ1) is 18.6. The summed E-state index contributed by atoms with van der Waals surface area (Å²) in [4.78, 5) is 11.5. The first-order chi connectivity index (χ1) is 12.7. The molecule has 0 saturated carbocycles. The van der Waals surface area contributed by atoms with E-state index in [0.717, 1.165) is 29.5 Å². The van der Waals surface area contributed by atoms with Crippen LogP contribution in [0.3, 0.4) is 0 Å². The zero-order valence-corrected chi connectivity index (χ0v) is 16.1. The Balaban J connectivity index is 1.73. The Hall–Kier alpha value is -2.23. The van der Waals surface area contributed by atoms with E-state index in [-0.39, 0.29) is 12.0 Å². The SMILES string of the molecule is COc1ccc([C@H](CN=C[C@H](C#N)c2nc(C)cs2)N2CCCC2)cc1. The molecule has 3 rings (SSSR count). The average molecular weight is 369 g/mol. The maximum Gasteiger partial charge on any atom is 0.133 e. The van der Waals surface area contributed by atoms with Gasteiger partial charge in [0.05, 0.1) is 25.8 Å². The second kappa shape index (κ2) is 8.93. The van der Waals surface area contributed by atoms with Gasteiger partial charge in [-0.05, 0) is 50.6 Å². The lowest BCUT2D eigenvalue weighted by Crippen LogP contribution is -2.27. The normalized spacial score (nSPS) is 17.3. The van der Waals surface area contributed by atoms with Crippen LogP contribution in [0.2, 0.25) is 0 Å². The number of rotatable bonds is 7. The molecule has 5 nitrogen and oxygen atoms in total. The molecule has 0 N–H and O–H groups in total. The van der Waals surface area contributed by atoms with Crippen LogP contribution in [0.4, 0.5) is 0 Å². The fourth-order valence-electron chi connectivity index (χ4n) is 3.24. The lowest BCUT2D eigenvalue weighted by molar-refractivity contribution is 0.252. The lowest BCUT2D eigenvalue weighted by Gasteiger charge is -2.26. The third kappa shape index (κ3) is 4.48. The first-order valence-corrected chi connectivity index (χ1v) is 9.79. The number of hydrogen-bond donors (Lipinski definition) is 0. The number of aryl methyl sites for hydroxylation is 1. The molecular formula is C20H24N4OS. The molecule has 2 aromatic rings. The number of hydrogen-bond acceptors (Lipinski definition) is 6. The van der Waals surface area contributed by atoms with Gasteiger partial charge in [0, 0.05) is 17.3 Å². The smallest absolute Gasteiger partial charge is 0.133 e. The van der Waals surface area contributed by atoms with E-state index in [4.69, 9.17) is 4.74 Å². The number of ether oxygens (including phenoxy) is 1. The molecule has 2 atom stereocenters. The summed E-state index contributed by atoms with van der Waals surface area (Å²) in [5.74, 6) is 0.491. The second-order valence-corrected chi connectivity index (χ2v) is 7.37. The number of benzene rings is 1. The van der Waals surface area contributed by atoms with Crippen molar-refractivity contribution in [2.45, 2.75) is 31.7 Å². The minimum absolute atomic E-state index is 0.233. The molecule has 0 bridgehead atoms. The van der Waals surface area contributed by atoms with Gasteiger partial charge in [-0.15, -0.1) is 11.3 Å². The fraction of sp³-hybridized carbons (Fsp3) is 0.450. The van der Waals surface area contributed by atoms with E-state index in [1.54, 1.807) is 13.3 Å². The molecule has 1 aromatic heterocycles. The molecule has 1 fully saturated rings. The third-order valence-electron chi connectivity index (χ3n) is 4.66. The molecule has 1 aromatic carbocycles. The predicted molar refractivity (Wildman–Crippen MR) is 105 cm³/mol. The third-order valence-corrected chi connectivity index (χ3v) is 5.70. The van der Waals surface area contributed by atoms with Crippen LogP contribution in [0.25, 0.3) is 0 Å². The molecule has 1 aliphatic heterocycles. The summed E-state index contributed by atoms with van der Waals surface area (Å²) in [5.41, 5.74) is 2.19. The quantitative estimate of drug-likeness (QED) is 0.694. The highest BCUT2D eigenvalue weighted by atomic mass is 32.1. The molecule has 6 heteroatoms. The molecule has 1 aliphatic rings. The van der Waals surface area contributed by atoms with Crippen LogP contribution < -0.4 is 4.74 Å². The summed E-state index contributed by atoms with van der Waals surface area (Å²) in [6.45, 7) is 4.78. The topological polar surface area (TPSA) is 61.5 Å². The van der Waals surface area contributed by atoms with Gasteiger partial charge in [0.1, 0.15) is 16.7 Å². The highest BCUT2D eigenvalue weighted by Crippen LogP contribution is 2.27. The summed E-state index contributed by atoms with van der Waals surface area (Å²) in [5, 5.41) is 12.2. The fourth-order valence-corrected chi connectivity index (χ4v) is 4.05. The van der Waals surface area contributed by atoms with Gasteiger partial charge in [-0.1, -0.05) is 12.1 Å². The second-order valence-electron chi connectivity index (χ2n) is 6.48. The van der Waals surface area contributed by atoms with Crippen molar-refractivity contribution in [2.75, 3.05) is 26.7 Å². The molecule has 26 heavy (non-hydrogen) atoms. The number of thiazole rings is 1. The van der Waals surface area contributed by atoms with E-state index in [9.17, 15) is 5.26 Å². The lowest BCUT2D eigenvalue weighted by atomic mass is 10.1. The molecule has 0 amide bonds. The van der Waals surface area contributed by atoms with Crippen molar-refractivity contribution in [3.63, 3.8) is 0 Å². The van der Waals surface area contributed by atoms with Gasteiger partial charge >= 0.3 is 0 Å². The Morgan fingerprint density at radius 3 is 2.65 bits per heavy atom. The van der Waals surface area contributed by atoms with Gasteiger partial charge in [0.25, 0.3) is 0 Å². The first-order valence-electron chi connectivity index (χ1n) is 8.91. The van der Waals surface area contributed by atoms with Crippen LogP contribution >= 0.6 is 11.3 Å². The van der Waals surface area contributed by atoms with Crippen molar-refractivity contribution in [3.05, 3.63) is 45.9 Å². The number of nitrogens with zero attached hydrogens (tertiary/aromatic N) is 4. The summed E-state index contributed by atoms with van der Waals surface area (Å²) in [6, 6.07) is 10.8. The Kier molecular flexibility index (Phi) is 6.37. The molecule has 2 heterocycles. The molecule has 136 valence electrons. The van der Waals surface area contributed by atoms with Crippen molar-refractivity contribution in [2.24, 2.45) is 4.99 Å². The van der Waals surface area contributed by atoms with Crippen LogP contribution in [0, 0.1) is 18.3 Å². The van der Waals surface area contributed by atoms with Crippen LogP contribution in [0.1, 0.15) is 41.1 Å². The zero-order chi connectivity index (χ0) is 18.4. The molecule has 0 aliphatic carbocycles. The Labute approximate surface area is 159 Å². The standard InChI is InChI=1S/C20H24N4OS/c1-15-14-26-20(23-15)17(11-21)12-22-13-19(24-9-3-4-10-24)16-5-7-18(25-2)8-6-16/h5-8,12,14,17,19H,3-4,9-10,13H2,1-2H3/t17-,19-/m0/s1. The molecule has 0 spiro atoms.